The largest absolute Gasteiger partial charge is 0.243 e. The summed E-state index contributed by atoms with van der Waals surface area (Å²) in [5.74, 6) is 0.903. The van der Waals surface area contributed by atoms with Crippen LogP contribution >= 0.6 is 34.8 Å². The summed E-state index contributed by atoms with van der Waals surface area (Å²) in [4.78, 5) is 0.188. The van der Waals surface area contributed by atoms with E-state index in [4.69, 9.17) is 34.8 Å². The number of sulfonamides is 1. The first-order valence-electron chi connectivity index (χ1n) is 5.96. The van der Waals surface area contributed by atoms with E-state index in [0.29, 0.717) is 29.9 Å². The monoisotopic (exact) mass is 341 g/mol. The maximum absolute atomic E-state index is 12.4. The average molecular weight is 343 g/mol. The van der Waals surface area contributed by atoms with Gasteiger partial charge >= 0.3 is 0 Å². The fourth-order valence-corrected chi connectivity index (χ4v) is 4.42. The summed E-state index contributed by atoms with van der Waals surface area (Å²) in [7, 11) is -3.48. The van der Waals surface area contributed by atoms with Gasteiger partial charge in [-0.25, -0.2) is 8.42 Å². The Morgan fingerprint density at radius 3 is 2.63 bits per heavy atom. The highest BCUT2D eigenvalue weighted by Gasteiger charge is 2.32. The van der Waals surface area contributed by atoms with Crippen LogP contribution in [0.15, 0.2) is 23.1 Å². The Bertz CT molecular complexity index is 562. The van der Waals surface area contributed by atoms with Crippen LogP contribution in [0.4, 0.5) is 0 Å². The molecule has 106 valence electrons. The zero-order chi connectivity index (χ0) is 14.0. The Balaban J connectivity index is 2.21. The number of hydrogen-bond donors (Lipinski definition) is 0. The third kappa shape index (κ3) is 3.37. The number of benzene rings is 1. The molecule has 1 aliphatic rings. The van der Waals surface area contributed by atoms with Crippen LogP contribution in [0, 0.1) is 5.92 Å². The van der Waals surface area contributed by atoms with Gasteiger partial charge in [0, 0.05) is 19.0 Å². The van der Waals surface area contributed by atoms with Crippen LogP contribution < -0.4 is 0 Å². The summed E-state index contributed by atoms with van der Waals surface area (Å²) in [6, 6.07) is 4.38. The number of hydrogen-bond acceptors (Lipinski definition) is 2. The minimum absolute atomic E-state index is 0.188. The highest BCUT2D eigenvalue weighted by molar-refractivity contribution is 7.89. The second-order valence-corrected chi connectivity index (χ2v) is 7.70. The van der Waals surface area contributed by atoms with Crippen LogP contribution in [-0.2, 0) is 10.0 Å². The van der Waals surface area contributed by atoms with E-state index in [1.54, 1.807) is 0 Å². The van der Waals surface area contributed by atoms with Gasteiger partial charge in [0.25, 0.3) is 0 Å². The SMILES string of the molecule is O=S(=O)(c1ccc(Cl)c(Cl)c1)N1CCC(CCCl)C1. The van der Waals surface area contributed by atoms with E-state index < -0.39 is 10.0 Å². The minimum atomic E-state index is -3.48. The van der Waals surface area contributed by atoms with Gasteiger partial charge in [-0.3, -0.25) is 0 Å². The zero-order valence-electron chi connectivity index (χ0n) is 10.2. The standard InChI is InChI=1S/C12H14Cl3NO2S/c13-5-3-9-4-6-16(8-9)19(17,18)10-1-2-11(14)12(15)7-10/h1-2,7,9H,3-6,8H2. The molecule has 0 aliphatic carbocycles. The topological polar surface area (TPSA) is 37.4 Å². The molecule has 1 unspecified atom stereocenters. The van der Waals surface area contributed by atoms with Gasteiger partial charge in [-0.05, 0) is 37.0 Å². The number of halogens is 3. The van der Waals surface area contributed by atoms with Crippen LogP contribution in [0.3, 0.4) is 0 Å². The maximum atomic E-state index is 12.4. The van der Waals surface area contributed by atoms with Crippen molar-refractivity contribution in [2.45, 2.75) is 17.7 Å². The van der Waals surface area contributed by atoms with Crippen molar-refractivity contribution in [3.05, 3.63) is 28.2 Å². The normalized spacial score (nSPS) is 20.9. The molecule has 1 saturated heterocycles. The Labute approximate surface area is 128 Å². The first-order chi connectivity index (χ1) is 8.95. The molecule has 7 heteroatoms. The molecule has 0 N–H and O–H groups in total. The molecule has 3 nitrogen and oxygen atoms in total. The van der Waals surface area contributed by atoms with Crippen molar-refractivity contribution < 1.29 is 8.42 Å². The average Bonchev–Trinajstić information content (AvgIpc) is 2.82. The van der Waals surface area contributed by atoms with Crippen molar-refractivity contribution in [1.29, 1.82) is 0 Å². The molecule has 1 atom stereocenters. The van der Waals surface area contributed by atoms with E-state index in [9.17, 15) is 8.42 Å². The van der Waals surface area contributed by atoms with Crippen molar-refractivity contribution >= 4 is 44.8 Å². The van der Waals surface area contributed by atoms with E-state index >= 15 is 0 Å². The first kappa shape index (κ1) is 15.4. The Hall–Kier alpha value is -0.000000000000000111. The first-order valence-corrected chi connectivity index (χ1v) is 8.69. The van der Waals surface area contributed by atoms with Gasteiger partial charge in [0.15, 0.2) is 0 Å². The van der Waals surface area contributed by atoms with Gasteiger partial charge in [0.05, 0.1) is 14.9 Å². The fourth-order valence-electron chi connectivity index (χ4n) is 2.19. The molecular weight excluding hydrogens is 329 g/mol. The summed E-state index contributed by atoms with van der Waals surface area (Å²) < 4.78 is 26.4. The third-order valence-electron chi connectivity index (χ3n) is 3.29. The summed E-state index contributed by atoms with van der Waals surface area (Å²) in [6.45, 7) is 1.05. The molecule has 0 spiro atoms. The molecule has 0 bridgehead atoms. The lowest BCUT2D eigenvalue weighted by molar-refractivity contribution is 0.453. The van der Waals surface area contributed by atoms with Crippen molar-refractivity contribution in [1.82, 2.24) is 4.31 Å². The van der Waals surface area contributed by atoms with Crippen LogP contribution in [0.5, 0.6) is 0 Å². The van der Waals surface area contributed by atoms with Crippen LogP contribution in [-0.4, -0.2) is 31.7 Å². The van der Waals surface area contributed by atoms with Crippen molar-refractivity contribution in [3.8, 4) is 0 Å². The minimum Gasteiger partial charge on any atom is -0.207 e. The van der Waals surface area contributed by atoms with Crippen molar-refractivity contribution in [3.63, 3.8) is 0 Å². The molecule has 19 heavy (non-hydrogen) atoms. The van der Waals surface area contributed by atoms with E-state index in [-0.39, 0.29) is 9.92 Å². The van der Waals surface area contributed by atoms with E-state index in [1.165, 1.54) is 22.5 Å². The molecule has 1 fully saturated rings. The zero-order valence-corrected chi connectivity index (χ0v) is 13.2. The molecule has 0 aromatic heterocycles. The van der Waals surface area contributed by atoms with Gasteiger partial charge < -0.3 is 0 Å². The quantitative estimate of drug-likeness (QED) is 0.784. The summed E-state index contributed by atoms with van der Waals surface area (Å²) in [6.07, 6.45) is 1.70. The smallest absolute Gasteiger partial charge is 0.207 e. The molecule has 2 rings (SSSR count). The van der Waals surface area contributed by atoms with Crippen LogP contribution in [0.2, 0.25) is 10.0 Å². The van der Waals surface area contributed by atoms with E-state index in [1.807, 2.05) is 0 Å². The molecule has 1 aliphatic heterocycles. The molecule has 1 heterocycles. The second kappa shape index (κ2) is 6.19. The highest BCUT2D eigenvalue weighted by atomic mass is 35.5. The lowest BCUT2D eigenvalue weighted by atomic mass is 10.1. The van der Waals surface area contributed by atoms with Crippen LogP contribution in [0.1, 0.15) is 12.8 Å². The lowest BCUT2D eigenvalue weighted by Crippen LogP contribution is -2.29. The summed E-state index contributed by atoms with van der Waals surface area (Å²) >= 11 is 17.4. The van der Waals surface area contributed by atoms with Gasteiger partial charge in [-0.15, -0.1) is 11.6 Å². The van der Waals surface area contributed by atoms with Gasteiger partial charge in [-0.1, -0.05) is 23.2 Å². The molecule has 0 radical (unpaired) electrons. The number of nitrogens with zero attached hydrogens (tertiary/aromatic N) is 1. The fraction of sp³-hybridized carbons (Fsp3) is 0.500. The third-order valence-corrected chi connectivity index (χ3v) is 6.11. The predicted octanol–water partition coefficient (Wildman–Crippen LogP) is 3.63. The van der Waals surface area contributed by atoms with Crippen molar-refractivity contribution in [2.24, 2.45) is 5.92 Å². The van der Waals surface area contributed by atoms with Gasteiger partial charge in [-0.2, -0.15) is 4.31 Å². The summed E-state index contributed by atoms with van der Waals surface area (Å²) in [5, 5.41) is 0.598. The predicted molar refractivity (Wildman–Crippen MR) is 78.7 cm³/mol. The van der Waals surface area contributed by atoms with E-state index in [0.717, 1.165) is 12.8 Å². The highest BCUT2D eigenvalue weighted by Crippen LogP contribution is 2.30. The Morgan fingerprint density at radius 2 is 2.00 bits per heavy atom. The maximum Gasteiger partial charge on any atom is 0.243 e. The molecule has 1 aromatic carbocycles. The molecule has 1 aromatic rings. The van der Waals surface area contributed by atoms with E-state index in [2.05, 4.69) is 0 Å². The molecule has 0 amide bonds. The van der Waals surface area contributed by atoms with Gasteiger partial charge in [0.2, 0.25) is 10.0 Å². The Kier molecular flexibility index (Phi) is 5.01. The number of rotatable bonds is 4. The number of alkyl halides is 1. The summed E-state index contributed by atoms with van der Waals surface area (Å²) in [5.41, 5.74) is 0. The Morgan fingerprint density at radius 1 is 1.26 bits per heavy atom. The molecular formula is C12H14Cl3NO2S. The van der Waals surface area contributed by atoms with Gasteiger partial charge in [0.1, 0.15) is 0 Å². The van der Waals surface area contributed by atoms with Crippen molar-refractivity contribution in [2.75, 3.05) is 19.0 Å². The molecule has 0 saturated carbocycles. The second-order valence-electron chi connectivity index (χ2n) is 4.57. The lowest BCUT2D eigenvalue weighted by Gasteiger charge is -2.16. The van der Waals surface area contributed by atoms with Crippen LogP contribution in [0.25, 0.3) is 0 Å².